The van der Waals surface area contributed by atoms with Crippen molar-refractivity contribution in [2.75, 3.05) is 19.6 Å². The molecule has 0 radical (unpaired) electrons. The van der Waals surface area contributed by atoms with Gasteiger partial charge in [-0.1, -0.05) is 18.1 Å². The molecule has 1 aromatic heterocycles. The summed E-state index contributed by atoms with van der Waals surface area (Å²) in [6, 6.07) is 6.20. The molecular weight excluding hydrogens is 359 g/mol. The topological polar surface area (TPSA) is 71.7 Å². The molecule has 0 aliphatic heterocycles. The highest BCUT2D eigenvalue weighted by Gasteiger charge is 2.10. The molecule has 0 spiro atoms. The molecule has 154 valence electrons. The Balaban J connectivity index is 1.84. The zero-order valence-electron chi connectivity index (χ0n) is 17.2. The van der Waals surface area contributed by atoms with Crippen LogP contribution >= 0.6 is 0 Å². The summed E-state index contributed by atoms with van der Waals surface area (Å²) in [5.74, 6) is 1.87. The largest absolute Gasteiger partial charge is 0.488 e. The number of halogens is 1. The number of guanidine groups is 1. The summed E-state index contributed by atoms with van der Waals surface area (Å²) < 4.78 is 24.4. The predicted molar refractivity (Wildman–Crippen MR) is 109 cm³/mol. The smallest absolute Gasteiger partial charge is 0.191 e. The fourth-order valence-corrected chi connectivity index (χ4v) is 2.85. The van der Waals surface area contributed by atoms with Crippen LogP contribution < -0.4 is 15.4 Å². The SMILES string of the molecule is CCNC(=NCC(CC)Oc1cccc(F)c1)NCCCc1c(C)noc1C. The zero-order chi connectivity index (χ0) is 20.4. The van der Waals surface area contributed by atoms with E-state index in [2.05, 4.69) is 20.8 Å². The molecule has 0 fully saturated rings. The number of ether oxygens (including phenoxy) is 1. The van der Waals surface area contributed by atoms with Crippen molar-refractivity contribution >= 4 is 5.96 Å². The molecule has 2 aromatic rings. The van der Waals surface area contributed by atoms with Crippen LogP contribution in [0.4, 0.5) is 4.39 Å². The molecule has 0 saturated carbocycles. The van der Waals surface area contributed by atoms with Gasteiger partial charge in [0.05, 0.1) is 12.2 Å². The number of nitrogens with one attached hydrogen (secondary N) is 2. The van der Waals surface area contributed by atoms with Gasteiger partial charge in [0.2, 0.25) is 0 Å². The van der Waals surface area contributed by atoms with Crippen LogP contribution in [0.3, 0.4) is 0 Å². The number of benzene rings is 1. The molecule has 2 N–H and O–H groups in total. The summed E-state index contributed by atoms with van der Waals surface area (Å²) in [6.07, 6.45) is 2.53. The Kier molecular flexibility index (Phi) is 8.78. The van der Waals surface area contributed by atoms with E-state index in [-0.39, 0.29) is 11.9 Å². The zero-order valence-corrected chi connectivity index (χ0v) is 17.2. The van der Waals surface area contributed by atoms with Crippen molar-refractivity contribution in [3.63, 3.8) is 0 Å². The van der Waals surface area contributed by atoms with Gasteiger partial charge in [-0.05, 0) is 52.2 Å². The Hall–Kier alpha value is -2.57. The van der Waals surface area contributed by atoms with E-state index in [1.165, 1.54) is 17.7 Å². The van der Waals surface area contributed by atoms with E-state index in [1.54, 1.807) is 12.1 Å². The summed E-state index contributed by atoms with van der Waals surface area (Å²) in [4.78, 5) is 4.62. The Morgan fingerprint density at radius 3 is 2.75 bits per heavy atom. The Morgan fingerprint density at radius 1 is 1.29 bits per heavy atom. The third-order valence-electron chi connectivity index (χ3n) is 4.43. The summed E-state index contributed by atoms with van der Waals surface area (Å²) in [7, 11) is 0. The first kappa shape index (κ1) is 21.7. The highest BCUT2D eigenvalue weighted by molar-refractivity contribution is 5.79. The lowest BCUT2D eigenvalue weighted by molar-refractivity contribution is 0.205. The first-order valence-corrected chi connectivity index (χ1v) is 9.89. The second kappa shape index (κ2) is 11.3. The maximum Gasteiger partial charge on any atom is 0.191 e. The van der Waals surface area contributed by atoms with E-state index < -0.39 is 0 Å². The van der Waals surface area contributed by atoms with Gasteiger partial charge in [-0.25, -0.2) is 9.38 Å². The fraction of sp³-hybridized carbons (Fsp3) is 0.524. The van der Waals surface area contributed by atoms with Gasteiger partial charge in [-0.15, -0.1) is 0 Å². The van der Waals surface area contributed by atoms with Gasteiger partial charge in [-0.3, -0.25) is 0 Å². The van der Waals surface area contributed by atoms with E-state index >= 15 is 0 Å². The summed E-state index contributed by atoms with van der Waals surface area (Å²) >= 11 is 0. The normalized spacial score (nSPS) is 12.7. The third-order valence-corrected chi connectivity index (χ3v) is 4.43. The average molecular weight is 391 g/mol. The van der Waals surface area contributed by atoms with Crippen LogP contribution in [0.5, 0.6) is 5.75 Å². The minimum Gasteiger partial charge on any atom is -0.488 e. The first-order valence-electron chi connectivity index (χ1n) is 9.89. The van der Waals surface area contributed by atoms with Crippen molar-refractivity contribution in [3.8, 4) is 5.75 Å². The highest BCUT2D eigenvalue weighted by Crippen LogP contribution is 2.15. The average Bonchev–Trinajstić information content (AvgIpc) is 2.99. The number of rotatable bonds is 10. The molecule has 1 heterocycles. The van der Waals surface area contributed by atoms with Crippen molar-refractivity contribution in [2.24, 2.45) is 4.99 Å². The quantitative estimate of drug-likeness (QED) is 0.367. The monoisotopic (exact) mass is 390 g/mol. The summed E-state index contributed by atoms with van der Waals surface area (Å²) in [5.41, 5.74) is 2.14. The molecule has 7 heteroatoms. The molecule has 6 nitrogen and oxygen atoms in total. The molecule has 0 bridgehead atoms. The molecule has 1 unspecified atom stereocenters. The number of hydrogen-bond acceptors (Lipinski definition) is 4. The lowest BCUT2D eigenvalue weighted by atomic mass is 10.1. The Labute approximate surface area is 166 Å². The van der Waals surface area contributed by atoms with Gasteiger partial charge in [0, 0.05) is 24.7 Å². The Bertz CT molecular complexity index is 741. The molecule has 0 amide bonds. The lowest BCUT2D eigenvalue weighted by Gasteiger charge is -2.17. The minimum absolute atomic E-state index is 0.112. The lowest BCUT2D eigenvalue weighted by Crippen LogP contribution is -2.38. The standard InChI is InChI=1S/C21H31FN4O2/c1-5-18(27-19-10-7-9-17(22)13-19)14-25-21(23-6-2)24-12-8-11-20-15(3)26-28-16(20)4/h7,9-10,13,18H,5-6,8,11-12,14H2,1-4H3,(H2,23,24,25). The fourth-order valence-electron chi connectivity index (χ4n) is 2.85. The number of aromatic nitrogens is 1. The van der Waals surface area contributed by atoms with Crippen LogP contribution in [-0.4, -0.2) is 36.9 Å². The van der Waals surface area contributed by atoms with Gasteiger partial charge >= 0.3 is 0 Å². The van der Waals surface area contributed by atoms with Crippen LogP contribution in [0, 0.1) is 19.7 Å². The van der Waals surface area contributed by atoms with E-state index in [0.29, 0.717) is 12.3 Å². The molecule has 1 atom stereocenters. The second-order valence-electron chi connectivity index (χ2n) is 6.66. The van der Waals surface area contributed by atoms with Crippen molar-refractivity contribution in [2.45, 2.75) is 53.1 Å². The van der Waals surface area contributed by atoms with Crippen molar-refractivity contribution in [1.29, 1.82) is 0 Å². The molecule has 1 aromatic carbocycles. The van der Waals surface area contributed by atoms with E-state index in [9.17, 15) is 4.39 Å². The second-order valence-corrected chi connectivity index (χ2v) is 6.66. The van der Waals surface area contributed by atoms with E-state index in [4.69, 9.17) is 9.26 Å². The van der Waals surface area contributed by atoms with Gasteiger partial charge in [0.25, 0.3) is 0 Å². The van der Waals surface area contributed by atoms with Crippen LogP contribution in [0.2, 0.25) is 0 Å². The highest BCUT2D eigenvalue weighted by atomic mass is 19.1. The Morgan fingerprint density at radius 2 is 2.11 bits per heavy atom. The van der Waals surface area contributed by atoms with Crippen LogP contribution in [0.25, 0.3) is 0 Å². The van der Waals surface area contributed by atoms with Crippen molar-refractivity contribution in [3.05, 3.63) is 47.1 Å². The van der Waals surface area contributed by atoms with Crippen LogP contribution in [0.15, 0.2) is 33.8 Å². The maximum absolute atomic E-state index is 13.3. The summed E-state index contributed by atoms with van der Waals surface area (Å²) in [6.45, 7) is 10.0. The van der Waals surface area contributed by atoms with Gasteiger partial charge in [-0.2, -0.15) is 0 Å². The van der Waals surface area contributed by atoms with Crippen LogP contribution in [-0.2, 0) is 6.42 Å². The maximum atomic E-state index is 13.3. The molecule has 0 saturated heterocycles. The predicted octanol–water partition coefficient (Wildman–Crippen LogP) is 3.78. The van der Waals surface area contributed by atoms with Gasteiger partial charge in [0.1, 0.15) is 23.4 Å². The van der Waals surface area contributed by atoms with Crippen LogP contribution in [0.1, 0.15) is 43.7 Å². The number of aliphatic imine (C=N–C) groups is 1. The van der Waals surface area contributed by atoms with Crippen molar-refractivity contribution in [1.82, 2.24) is 15.8 Å². The molecular formula is C21H31FN4O2. The van der Waals surface area contributed by atoms with E-state index in [1.807, 2.05) is 27.7 Å². The number of nitrogens with zero attached hydrogens (tertiary/aromatic N) is 2. The van der Waals surface area contributed by atoms with Crippen molar-refractivity contribution < 1.29 is 13.7 Å². The van der Waals surface area contributed by atoms with E-state index in [0.717, 1.165) is 49.8 Å². The summed E-state index contributed by atoms with van der Waals surface area (Å²) in [5, 5.41) is 10.6. The third kappa shape index (κ3) is 6.87. The first-order chi connectivity index (χ1) is 13.5. The number of aryl methyl sites for hydroxylation is 2. The molecule has 2 rings (SSSR count). The minimum atomic E-state index is -0.302. The number of hydrogen-bond donors (Lipinski definition) is 2. The van der Waals surface area contributed by atoms with Gasteiger partial charge < -0.3 is 19.9 Å². The molecule has 0 aliphatic rings. The molecule has 0 aliphatic carbocycles. The van der Waals surface area contributed by atoms with Gasteiger partial charge in [0.15, 0.2) is 5.96 Å². The molecule has 28 heavy (non-hydrogen) atoms.